The van der Waals surface area contributed by atoms with E-state index < -0.39 is 10.0 Å². The Labute approximate surface area is 174 Å². The molecule has 0 atom stereocenters. The maximum atomic E-state index is 12.6. The monoisotopic (exact) mass is 442 g/mol. The van der Waals surface area contributed by atoms with Crippen molar-refractivity contribution in [1.29, 1.82) is 0 Å². The van der Waals surface area contributed by atoms with Gasteiger partial charge in [-0.1, -0.05) is 29.6 Å². The second-order valence-corrected chi connectivity index (χ2v) is 9.15. The van der Waals surface area contributed by atoms with Gasteiger partial charge in [0.25, 0.3) is 5.91 Å². The SMILES string of the molecule is O=C(COc1ccc(S(=O)(=O)N2CCCCC2)cc1)Nc1ccc(Cl)c(Cl)c1. The maximum Gasteiger partial charge on any atom is 0.262 e. The van der Waals surface area contributed by atoms with Gasteiger partial charge < -0.3 is 10.1 Å². The summed E-state index contributed by atoms with van der Waals surface area (Å²) in [6.07, 6.45) is 2.83. The van der Waals surface area contributed by atoms with Crippen LogP contribution in [0.2, 0.25) is 10.0 Å². The average Bonchev–Trinajstić information content (AvgIpc) is 2.70. The van der Waals surface area contributed by atoms with E-state index in [0.717, 1.165) is 19.3 Å². The molecule has 1 N–H and O–H groups in total. The van der Waals surface area contributed by atoms with Crippen LogP contribution in [0, 0.1) is 0 Å². The highest BCUT2D eigenvalue weighted by Crippen LogP contribution is 2.25. The molecule has 0 aromatic heterocycles. The molecule has 2 aromatic rings. The molecule has 28 heavy (non-hydrogen) atoms. The Kier molecular flexibility index (Phi) is 6.82. The summed E-state index contributed by atoms with van der Waals surface area (Å²) in [6.45, 7) is 0.878. The molecule has 0 radical (unpaired) electrons. The first kappa shape index (κ1) is 20.9. The number of nitrogens with one attached hydrogen (secondary N) is 1. The molecular formula is C19H20Cl2N2O4S. The molecule has 150 valence electrons. The van der Waals surface area contributed by atoms with Gasteiger partial charge >= 0.3 is 0 Å². The molecule has 1 aliphatic heterocycles. The Bertz CT molecular complexity index is 943. The third kappa shape index (κ3) is 5.17. The number of halogens is 2. The molecule has 3 rings (SSSR count). The van der Waals surface area contributed by atoms with E-state index in [2.05, 4.69) is 5.32 Å². The van der Waals surface area contributed by atoms with E-state index in [1.165, 1.54) is 16.4 Å². The number of ether oxygens (including phenoxy) is 1. The van der Waals surface area contributed by atoms with E-state index in [1.807, 2.05) is 0 Å². The van der Waals surface area contributed by atoms with Crippen LogP contribution in [0.5, 0.6) is 5.75 Å². The number of amides is 1. The number of anilines is 1. The number of carbonyl (C=O) groups excluding carboxylic acids is 1. The zero-order valence-electron chi connectivity index (χ0n) is 15.0. The molecule has 1 fully saturated rings. The Morgan fingerprint density at radius 1 is 1.00 bits per heavy atom. The highest BCUT2D eigenvalue weighted by Gasteiger charge is 2.25. The minimum absolute atomic E-state index is 0.224. The summed E-state index contributed by atoms with van der Waals surface area (Å²) < 4.78 is 32.2. The zero-order chi connectivity index (χ0) is 20.1. The van der Waals surface area contributed by atoms with Crippen molar-refractivity contribution in [3.63, 3.8) is 0 Å². The molecule has 0 bridgehead atoms. The number of hydrogen-bond acceptors (Lipinski definition) is 4. The Hall–Kier alpha value is -1.80. The number of rotatable bonds is 6. The largest absolute Gasteiger partial charge is 0.484 e. The highest BCUT2D eigenvalue weighted by molar-refractivity contribution is 7.89. The molecule has 1 amide bonds. The lowest BCUT2D eigenvalue weighted by molar-refractivity contribution is -0.118. The van der Waals surface area contributed by atoms with E-state index in [1.54, 1.807) is 30.3 Å². The summed E-state index contributed by atoms with van der Waals surface area (Å²) in [7, 11) is -3.48. The van der Waals surface area contributed by atoms with Crippen molar-refractivity contribution >= 4 is 44.8 Å². The van der Waals surface area contributed by atoms with Crippen molar-refractivity contribution in [2.45, 2.75) is 24.2 Å². The number of nitrogens with zero attached hydrogens (tertiary/aromatic N) is 1. The van der Waals surface area contributed by atoms with Gasteiger partial charge in [-0.05, 0) is 55.3 Å². The van der Waals surface area contributed by atoms with Crippen LogP contribution in [0.25, 0.3) is 0 Å². The molecule has 1 aliphatic rings. The number of carbonyl (C=O) groups is 1. The van der Waals surface area contributed by atoms with E-state index in [4.69, 9.17) is 27.9 Å². The lowest BCUT2D eigenvalue weighted by Gasteiger charge is -2.25. The van der Waals surface area contributed by atoms with Gasteiger partial charge in [0.2, 0.25) is 10.0 Å². The molecule has 9 heteroatoms. The van der Waals surface area contributed by atoms with Gasteiger partial charge in [-0.15, -0.1) is 0 Å². The van der Waals surface area contributed by atoms with Crippen LogP contribution in [0.4, 0.5) is 5.69 Å². The molecule has 0 saturated carbocycles. The summed E-state index contributed by atoms with van der Waals surface area (Å²) in [6, 6.07) is 10.8. The van der Waals surface area contributed by atoms with Gasteiger partial charge in [0, 0.05) is 18.8 Å². The Morgan fingerprint density at radius 2 is 1.68 bits per heavy atom. The van der Waals surface area contributed by atoms with Crippen LogP contribution >= 0.6 is 23.2 Å². The molecule has 0 spiro atoms. The second kappa shape index (κ2) is 9.13. The summed E-state index contributed by atoms with van der Waals surface area (Å²) in [5.41, 5.74) is 0.506. The molecule has 1 heterocycles. The molecule has 0 aliphatic carbocycles. The fraction of sp³-hybridized carbons (Fsp3) is 0.316. The summed E-state index contributed by atoms with van der Waals surface area (Å²) in [5.74, 6) is 0.0327. The van der Waals surface area contributed by atoms with Gasteiger partial charge in [-0.25, -0.2) is 8.42 Å². The highest BCUT2D eigenvalue weighted by atomic mass is 35.5. The Balaban J connectivity index is 1.56. The van der Waals surface area contributed by atoms with Gasteiger partial charge in [0.1, 0.15) is 5.75 Å². The zero-order valence-corrected chi connectivity index (χ0v) is 17.4. The molecular weight excluding hydrogens is 423 g/mol. The quantitative estimate of drug-likeness (QED) is 0.727. The van der Waals surface area contributed by atoms with Crippen molar-refractivity contribution < 1.29 is 17.9 Å². The summed E-state index contributed by atoms with van der Waals surface area (Å²) >= 11 is 11.7. The predicted octanol–water partition coefficient (Wildman–Crippen LogP) is 4.19. The molecule has 6 nitrogen and oxygen atoms in total. The predicted molar refractivity (Wildman–Crippen MR) is 110 cm³/mol. The van der Waals surface area contributed by atoms with Crippen LogP contribution in [-0.2, 0) is 14.8 Å². The van der Waals surface area contributed by atoms with Crippen molar-refractivity contribution in [3.05, 3.63) is 52.5 Å². The first-order valence-electron chi connectivity index (χ1n) is 8.84. The first-order chi connectivity index (χ1) is 13.4. The fourth-order valence-electron chi connectivity index (χ4n) is 2.88. The van der Waals surface area contributed by atoms with Crippen LogP contribution < -0.4 is 10.1 Å². The van der Waals surface area contributed by atoms with Crippen LogP contribution in [0.15, 0.2) is 47.4 Å². The number of sulfonamides is 1. The molecule has 2 aromatic carbocycles. The average molecular weight is 443 g/mol. The lowest BCUT2D eigenvalue weighted by Crippen LogP contribution is -2.35. The minimum atomic E-state index is -3.48. The van der Waals surface area contributed by atoms with Crippen LogP contribution in [-0.4, -0.2) is 38.3 Å². The number of hydrogen-bond donors (Lipinski definition) is 1. The lowest BCUT2D eigenvalue weighted by atomic mass is 10.2. The molecule has 1 saturated heterocycles. The topological polar surface area (TPSA) is 75.7 Å². The number of benzene rings is 2. The number of piperidine rings is 1. The van der Waals surface area contributed by atoms with E-state index in [9.17, 15) is 13.2 Å². The van der Waals surface area contributed by atoms with Crippen LogP contribution in [0.1, 0.15) is 19.3 Å². The summed E-state index contributed by atoms with van der Waals surface area (Å²) in [5, 5.41) is 3.39. The first-order valence-corrected chi connectivity index (χ1v) is 11.0. The third-order valence-corrected chi connectivity index (χ3v) is 7.00. The van der Waals surface area contributed by atoms with Gasteiger partial charge in [0.05, 0.1) is 14.9 Å². The second-order valence-electron chi connectivity index (χ2n) is 6.40. The van der Waals surface area contributed by atoms with Gasteiger partial charge in [0.15, 0.2) is 6.61 Å². The van der Waals surface area contributed by atoms with Gasteiger partial charge in [-0.3, -0.25) is 4.79 Å². The van der Waals surface area contributed by atoms with Crippen molar-refractivity contribution in [2.75, 3.05) is 25.0 Å². The van der Waals surface area contributed by atoms with E-state index >= 15 is 0 Å². The van der Waals surface area contributed by atoms with E-state index in [0.29, 0.717) is 34.6 Å². The van der Waals surface area contributed by atoms with Crippen molar-refractivity contribution in [2.24, 2.45) is 0 Å². The van der Waals surface area contributed by atoms with E-state index in [-0.39, 0.29) is 17.4 Å². The van der Waals surface area contributed by atoms with Crippen molar-refractivity contribution in [1.82, 2.24) is 4.31 Å². The normalized spacial score (nSPS) is 15.2. The van der Waals surface area contributed by atoms with Gasteiger partial charge in [-0.2, -0.15) is 4.31 Å². The fourth-order valence-corrected chi connectivity index (χ4v) is 4.70. The van der Waals surface area contributed by atoms with Crippen LogP contribution in [0.3, 0.4) is 0 Å². The summed E-state index contributed by atoms with van der Waals surface area (Å²) in [4.78, 5) is 12.2. The third-order valence-electron chi connectivity index (χ3n) is 4.35. The Morgan fingerprint density at radius 3 is 2.32 bits per heavy atom. The van der Waals surface area contributed by atoms with Crippen molar-refractivity contribution in [3.8, 4) is 5.75 Å². The maximum absolute atomic E-state index is 12.6. The standard InChI is InChI=1S/C19H20Cl2N2O4S/c20-17-9-4-14(12-18(17)21)22-19(24)13-27-15-5-7-16(8-6-15)28(25,26)23-10-2-1-3-11-23/h4-9,12H,1-3,10-11,13H2,(H,22,24). The molecule has 0 unspecified atom stereocenters. The minimum Gasteiger partial charge on any atom is -0.484 e. The smallest absolute Gasteiger partial charge is 0.262 e.